The first-order valence-electron chi connectivity index (χ1n) is 7.15. The standard InChI is InChI=1S/C17H14N6O/c1-24-16-15(13-2-3-20-14(6-13)7-18)5-11(8-21-16)4-12-9-22-17(19)23-10-12/h2-3,5-6,8-10H,4H2,1H3,(H2,19,22,23). The van der Waals surface area contributed by atoms with Gasteiger partial charge in [-0.05, 0) is 34.9 Å². The first-order chi connectivity index (χ1) is 11.7. The second-order valence-electron chi connectivity index (χ2n) is 5.07. The largest absolute Gasteiger partial charge is 0.481 e. The van der Waals surface area contributed by atoms with Gasteiger partial charge >= 0.3 is 0 Å². The molecule has 0 atom stereocenters. The molecule has 0 bridgehead atoms. The summed E-state index contributed by atoms with van der Waals surface area (Å²) < 4.78 is 5.34. The van der Waals surface area contributed by atoms with Crippen LogP contribution in [0.2, 0.25) is 0 Å². The van der Waals surface area contributed by atoms with Gasteiger partial charge in [0.25, 0.3) is 0 Å². The lowest BCUT2D eigenvalue weighted by Crippen LogP contribution is -1.99. The molecule has 3 aromatic rings. The average Bonchev–Trinajstić information content (AvgIpc) is 2.63. The number of ether oxygens (including phenoxy) is 1. The number of hydrogen-bond donors (Lipinski definition) is 1. The molecule has 0 saturated carbocycles. The van der Waals surface area contributed by atoms with Gasteiger partial charge in [0.2, 0.25) is 11.8 Å². The highest BCUT2D eigenvalue weighted by Gasteiger charge is 2.10. The fraction of sp³-hybridized carbons (Fsp3) is 0.118. The molecule has 0 fully saturated rings. The van der Waals surface area contributed by atoms with Gasteiger partial charge in [-0.15, -0.1) is 0 Å². The number of pyridine rings is 2. The van der Waals surface area contributed by atoms with Crippen molar-refractivity contribution in [1.82, 2.24) is 19.9 Å². The molecule has 3 rings (SSSR count). The summed E-state index contributed by atoms with van der Waals surface area (Å²) in [5.74, 6) is 0.732. The number of anilines is 1. The van der Waals surface area contributed by atoms with E-state index in [1.807, 2.05) is 18.2 Å². The van der Waals surface area contributed by atoms with Crippen LogP contribution in [0, 0.1) is 11.3 Å². The summed E-state index contributed by atoms with van der Waals surface area (Å²) in [5.41, 5.74) is 9.35. The summed E-state index contributed by atoms with van der Waals surface area (Å²) in [4.78, 5) is 16.3. The molecule has 0 radical (unpaired) electrons. The maximum atomic E-state index is 9.02. The monoisotopic (exact) mass is 318 g/mol. The van der Waals surface area contributed by atoms with Gasteiger partial charge in [-0.3, -0.25) is 0 Å². The van der Waals surface area contributed by atoms with Crippen LogP contribution in [0.25, 0.3) is 11.1 Å². The van der Waals surface area contributed by atoms with Gasteiger partial charge in [0.05, 0.1) is 7.11 Å². The van der Waals surface area contributed by atoms with Gasteiger partial charge in [0.1, 0.15) is 11.8 Å². The molecular weight excluding hydrogens is 304 g/mol. The molecule has 118 valence electrons. The fourth-order valence-electron chi connectivity index (χ4n) is 2.31. The SMILES string of the molecule is COc1ncc(Cc2cnc(N)nc2)cc1-c1ccnc(C#N)c1. The van der Waals surface area contributed by atoms with E-state index in [1.54, 1.807) is 38.0 Å². The Labute approximate surface area is 138 Å². The van der Waals surface area contributed by atoms with Crippen LogP contribution in [-0.4, -0.2) is 27.0 Å². The Morgan fingerprint density at radius 2 is 1.83 bits per heavy atom. The summed E-state index contributed by atoms with van der Waals surface area (Å²) in [5, 5.41) is 9.02. The number of hydrogen-bond acceptors (Lipinski definition) is 7. The van der Waals surface area contributed by atoms with E-state index < -0.39 is 0 Å². The molecular formula is C17H14N6O. The molecule has 0 amide bonds. The Morgan fingerprint density at radius 1 is 1.08 bits per heavy atom. The zero-order valence-electron chi connectivity index (χ0n) is 13.0. The summed E-state index contributed by atoms with van der Waals surface area (Å²) in [7, 11) is 1.56. The number of nitrogen functional groups attached to an aromatic ring is 1. The van der Waals surface area contributed by atoms with Crippen molar-refractivity contribution in [2.75, 3.05) is 12.8 Å². The molecule has 24 heavy (non-hydrogen) atoms. The summed E-state index contributed by atoms with van der Waals surface area (Å²) in [6.07, 6.45) is 7.32. The van der Waals surface area contributed by atoms with Crippen LogP contribution in [0.5, 0.6) is 5.88 Å². The summed E-state index contributed by atoms with van der Waals surface area (Å²) >= 11 is 0. The lowest BCUT2D eigenvalue weighted by molar-refractivity contribution is 0.399. The molecule has 3 aromatic heterocycles. The van der Waals surface area contributed by atoms with Crippen molar-refractivity contribution in [3.8, 4) is 23.1 Å². The molecule has 0 spiro atoms. The van der Waals surface area contributed by atoms with Crippen LogP contribution in [0.4, 0.5) is 5.95 Å². The van der Waals surface area contributed by atoms with Crippen molar-refractivity contribution < 1.29 is 4.74 Å². The van der Waals surface area contributed by atoms with E-state index in [0.29, 0.717) is 18.0 Å². The number of nitrogens with two attached hydrogens (primary N) is 1. The van der Waals surface area contributed by atoms with E-state index in [2.05, 4.69) is 19.9 Å². The first-order valence-corrected chi connectivity index (χ1v) is 7.15. The smallest absolute Gasteiger partial charge is 0.221 e. The van der Waals surface area contributed by atoms with Crippen molar-refractivity contribution in [2.45, 2.75) is 6.42 Å². The normalized spacial score (nSPS) is 10.2. The van der Waals surface area contributed by atoms with Crippen LogP contribution in [0.1, 0.15) is 16.8 Å². The van der Waals surface area contributed by atoms with Crippen LogP contribution in [-0.2, 0) is 6.42 Å². The number of nitrogens with zero attached hydrogens (tertiary/aromatic N) is 5. The second kappa shape index (κ2) is 6.71. The molecule has 7 heteroatoms. The second-order valence-corrected chi connectivity index (χ2v) is 5.07. The minimum Gasteiger partial charge on any atom is -0.481 e. The van der Waals surface area contributed by atoms with E-state index >= 15 is 0 Å². The van der Waals surface area contributed by atoms with Crippen molar-refractivity contribution in [3.63, 3.8) is 0 Å². The molecule has 0 aliphatic carbocycles. The molecule has 0 unspecified atom stereocenters. The zero-order valence-corrected chi connectivity index (χ0v) is 13.0. The van der Waals surface area contributed by atoms with E-state index in [1.165, 1.54) is 0 Å². The van der Waals surface area contributed by atoms with Gasteiger partial charge < -0.3 is 10.5 Å². The third-order valence-corrected chi connectivity index (χ3v) is 3.42. The summed E-state index contributed by atoms with van der Waals surface area (Å²) in [6.45, 7) is 0. The van der Waals surface area contributed by atoms with E-state index in [-0.39, 0.29) is 5.95 Å². The molecule has 7 nitrogen and oxygen atoms in total. The number of nitriles is 1. The van der Waals surface area contributed by atoms with Crippen LogP contribution < -0.4 is 10.5 Å². The number of methoxy groups -OCH3 is 1. The third kappa shape index (κ3) is 3.28. The minimum absolute atomic E-state index is 0.244. The molecule has 0 aromatic carbocycles. The van der Waals surface area contributed by atoms with Crippen molar-refractivity contribution in [1.29, 1.82) is 5.26 Å². The van der Waals surface area contributed by atoms with Crippen molar-refractivity contribution >= 4 is 5.95 Å². The molecule has 0 saturated heterocycles. The van der Waals surface area contributed by atoms with Crippen LogP contribution in [0.3, 0.4) is 0 Å². The average molecular weight is 318 g/mol. The van der Waals surface area contributed by atoms with Gasteiger partial charge in [-0.1, -0.05) is 0 Å². The molecule has 0 aliphatic heterocycles. The highest BCUT2D eigenvalue weighted by molar-refractivity contribution is 5.69. The summed E-state index contributed by atoms with van der Waals surface area (Å²) in [6, 6.07) is 7.52. The zero-order chi connectivity index (χ0) is 16.9. The highest BCUT2D eigenvalue weighted by atomic mass is 16.5. The Hall–Kier alpha value is -3.53. The lowest BCUT2D eigenvalue weighted by Gasteiger charge is -2.10. The quantitative estimate of drug-likeness (QED) is 0.783. The Balaban J connectivity index is 1.99. The molecule has 0 aliphatic rings. The van der Waals surface area contributed by atoms with Crippen molar-refractivity contribution in [2.24, 2.45) is 0 Å². The van der Waals surface area contributed by atoms with E-state index in [0.717, 1.165) is 22.3 Å². The predicted octanol–water partition coefficient (Wildman–Crippen LogP) is 1.99. The number of aromatic nitrogens is 4. The maximum absolute atomic E-state index is 9.02. The minimum atomic E-state index is 0.244. The number of rotatable bonds is 4. The Morgan fingerprint density at radius 3 is 2.54 bits per heavy atom. The Kier molecular flexibility index (Phi) is 4.29. The predicted molar refractivity (Wildman–Crippen MR) is 88.0 cm³/mol. The highest BCUT2D eigenvalue weighted by Crippen LogP contribution is 2.29. The van der Waals surface area contributed by atoms with Crippen LogP contribution >= 0.6 is 0 Å². The van der Waals surface area contributed by atoms with Crippen molar-refractivity contribution in [3.05, 3.63) is 59.8 Å². The van der Waals surface area contributed by atoms with Crippen LogP contribution in [0.15, 0.2) is 43.0 Å². The third-order valence-electron chi connectivity index (χ3n) is 3.42. The molecule has 2 N–H and O–H groups in total. The van der Waals surface area contributed by atoms with Gasteiger partial charge in [0.15, 0.2) is 0 Å². The fourth-order valence-corrected chi connectivity index (χ4v) is 2.31. The lowest BCUT2D eigenvalue weighted by atomic mass is 10.0. The molecule has 3 heterocycles. The van der Waals surface area contributed by atoms with Gasteiger partial charge in [-0.2, -0.15) is 5.26 Å². The maximum Gasteiger partial charge on any atom is 0.221 e. The topological polar surface area (TPSA) is 111 Å². The van der Waals surface area contributed by atoms with E-state index in [9.17, 15) is 0 Å². The van der Waals surface area contributed by atoms with Gasteiger partial charge in [0, 0.05) is 36.8 Å². The Bertz CT molecular complexity index is 902. The van der Waals surface area contributed by atoms with E-state index in [4.69, 9.17) is 15.7 Å². The van der Waals surface area contributed by atoms with Gasteiger partial charge in [-0.25, -0.2) is 19.9 Å². The first kappa shape index (κ1) is 15.4.